The van der Waals surface area contributed by atoms with Crippen LogP contribution in [0.2, 0.25) is 0 Å². The van der Waals surface area contributed by atoms with Crippen LogP contribution < -0.4 is 5.73 Å². The Hall–Kier alpha value is -0.770. The maximum Gasteiger partial charge on any atom is 0.143 e. The van der Waals surface area contributed by atoms with E-state index in [1.54, 1.807) is 0 Å². The van der Waals surface area contributed by atoms with Gasteiger partial charge in [-0.25, -0.2) is 0 Å². The molecule has 1 aliphatic carbocycles. The van der Waals surface area contributed by atoms with E-state index in [0.717, 1.165) is 24.9 Å². The van der Waals surface area contributed by atoms with Gasteiger partial charge in [-0.1, -0.05) is 24.9 Å². The Morgan fingerprint density at radius 3 is 2.82 bits per heavy atom. The molecule has 0 aromatic rings. The predicted molar refractivity (Wildman–Crippen MR) is 69.1 cm³/mol. The van der Waals surface area contributed by atoms with Crippen molar-refractivity contribution in [3.05, 3.63) is 0 Å². The summed E-state index contributed by atoms with van der Waals surface area (Å²) >= 11 is 0. The van der Waals surface area contributed by atoms with Crippen molar-refractivity contribution in [2.75, 3.05) is 13.1 Å². The molecule has 0 aromatic carbocycles. The molecule has 0 radical (unpaired) electrons. The highest BCUT2D eigenvalue weighted by molar-refractivity contribution is 5.82. The number of nitrogens with two attached hydrogens (primary N) is 1. The molecule has 4 heteroatoms. The number of piperidine rings is 1. The monoisotopic (exact) mass is 239 g/mol. The summed E-state index contributed by atoms with van der Waals surface area (Å²) in [5.74, 6) is 1.53. The van der Waals surface area contributed by atoms with Crippen molar-refractivity contribution in [1.29, 1.82) is 0 Å². The molecule has 2 rings (SSSR count). The van der Waals surface area contributed by atoms with Crippen molar-refractivity contribution in [2.24, 2.45) is 22.7 Å². The maximum absolute atomic E-state index is 8.77. The van der Waals surface area contributed by atoms with Crippen molar-refractivity contribution >= 4 is 5.84 Å². The third-order valence-corrected chi connectivity index (χ3v) is 4.41. The van der Waals surface area contributed by atoms with Gasteiger partial charge in [-0.3, -0.25) is 4.90 Å². The Morgan fingerprint density at radius 2 is 2.12 bits per heavy atom. The molecule has 0 spiro atoms. The van der Waals surface area contributed by atoms with Crippen LogP contribution in [0.5, 0.6) is 0 Å². The summed E-state index contributed by atoms with van der Waals surface area (Å²) < 4.78 is 0. The van der Waals surface area contributed by atoms with Crippen LogP contribution in [0.15, 0.2) is 5.16 Å². The Bertz CT molecular complexity index is 280. The highest BCUT2D eigenvalue weighted by atomic mass is 16.4. The maximum atomic E-state index is 8.77. The van der Waals surface area contributed by atoms with Gasteiger partial charge in [0.1, 0.15) is 5.84 Å². The normalized spacial score (nSPS) is 37.0. The zero-order valence-corrected chi connectivity index (χ0v) is 10.8. The van der Waals surface area contributed by atoms with Crippen molar-refractivity contribution in [1.82, 2.24) is 4.90 Å². The lowest BCUT2D eigenvalue weighted by Gasteiger charge is -2.41. The highest BCUT2D eigenvalue weighted by Gasteiger charge is 2.30. The number of amidine groups is 1. The van der Waals surface area contributed by atoms with Crippen LogP contribution in [0.25, 0.3) is 0 Å². The lowest BCUT2D eigenvalue weighted by atomic mass is 9.84. The SMILES string of the molecule is CC1CCCC(N2CCCC(C(N)=NO)C2)C1. The zero-order valence-electron chi connectivity index (χ0n) is 10.8. The van der Waals surface area contributed by atoms with E-state index < -0.39 is 0 Å². The van der Waals surface area contributed by atoms with Gasteiger partial charge in [0.25, 0.3) is 0 Å². The third kappa shape index (κ3) is 3.12. The van der Waals surface area contributed by atoms with Crippen LogP contribution in [0.4, 0.5) is 0 Å². The first-order chi connectivity index (χ1) is 8.20. The molecule has 3 unspecified atom stereocenters. The second kappa shape index (κ2) is 5.71. The second-order valence-corrected chi connectivity index (χ2v) is 5.78. The van der Waals surface area contributed by atoms with Gasteiger partial charge in [0, 0.05) is 18.5 Å². The minimum atomic E-state index is 0.256. The van der Waals surface area contributed by atoms with Crippen molar-refractivity contribution in [3.8, 4) is 0 Å². The van der Waals surface area contributed by atoms with Gasteiger partial charge in [-0.15, -0.1) is 0 Å². The first kappa shape index (κ1) is 12.7. The van der Waals surface area contributed by atoms with E-state index in [9.17, 15) is 0 Å². The fourth-order valence-electron chi connectivity index (χ4n) is 3.39. The molecule has 2 fully saturated rings. The van der Waals surface area contributed by atoms with Crippen LogP contribution in [0.3, 0.4) is 0 Å². The molecule has 2 aliphatic rings. The fourth-order valence-corrected chi connectivity index (χ4v) is 3.39. The quantitative estimate of drug-likeness (QED) is 0.335. The van der Waals surface area contributed by atoms with Crippen LogP contribution in [0.1, 0.15) is 45.4 Å². The van der Waals surface area contributed by atoms with Gasteiger partial charge >= 0.3 is 0 Å². The summed E-state index contributed by atoms with van der Waals surface area (Å²) in [5, 5.41) is 11.9. The van der Waals surface area contributed by atoms with Gasteiger partial charge < -0.3 is 10.9 Å². The lowest BCUT2D eigenvalue weighted by molar-refractivity contribution is 0.0992. The minimum absolute atomic E-state index is 0.256. The van der Waals surface area contributed by atoms with E-state index in [-0.39, 0.29) is 5.92 Å². The molecule has 0 aromatic heterocycles. The summed E-state index contributed by atoms with van der Waals surface area (Å²) in [7, 11) is 0. The Balaban J connectivity index is 1.92. The van der Waals surface area contributed by atoms with Crippen molar-refractivity contribution < 1.29 is 5.21 Å². The topological polar surface area (TPSA) is 61.8 Å². The Kier molecular flexibility index (Phi) is 4.26. The molecule has 1 aliphatic heterocycles. The van der Waals surface area contributed by atoms with Crippen LogP contribution in [-0.4, -0.2) is 35.1 Å². The molecular formula is C13H25N3O. The molecule has 17 heavy (non-hydrogen) atoms. The number of oxime groups is 1. The third-order valence-electron chi connectivity index (χ3n) is 4.41. The first-order valence-corrected chi connectivity index (χ1v) is 6.92. The number of likely N-dealkylation sites (tertiary alicyclic amines) is 1. The van der Waals surface area contributed by atoms with E-state index >= 15 is 0 Å². The van der Waals surface area contributed by atoms with Gasteiger partial charge in [0.15, 0.2) is 0 Å². The first-order valence-electron chi connectivity index (χ1n) is 6.92. The van der Waals surface area contributed by atoms with Crippen molar-refractivity contribution in [2.45, 2.75) is 51.5 Å². The Morgan fingerprint density at radius 1 is 1.29 bits per heavy atom. The lowest BCUT2D eigenvalue weighted by Crippen LogP contribution is -2.47. The fraction of sp³-hybridized carbons (Fsp3) is 0.923. The predicted octanol–water partition coefficient (Wildman–Crippen LogP) is 2.02. The molecule has 1 heterocycles. The molecule has 1 saturated heterocycles. The van der Waals surface area contributed by atoms with Crippen LogP contribution >= 0.6 is 0 Å². The molecule has 1 saturated carbocycles. The van der Waals surface area contributed by atoms with E-state index in [4.69, 9.17) is 10.9 Å². The van der Waals surface area contributed by atoms with Gasteiger partial charge in [0.05, 0.1) is 0 Å². The summed E-state index contributed by atoms with van der Waals surface area (Å²) in [5.41, 5.74) is 5.74. The second-order valence-electron chi connectivity index (χ2n) is 5.78. The summed E-state index contributed by atoms with van der Waals surface area (Å²) in [4.78, 5) is 2.57. The Labute approximate surface area is 104 Å². The van der Waals surface area contributed by atoms with E-state index in [1.807, 2.05) is 0 Å². The number of hydrogen-bond acceptors (Lipinski definition) is 3. The molecule has 0 bridgehead atoms. The van der Waals surface area contributed by atoms with Crippen molar-refractivity contribution in [3.63, 3.8) is 0 Å². The molecule has 98 valence electrons. The smallest absolute Gasteiger partial charge is 0.143 e. The van der Waals surface area contributed by atoms with E-state index in [2.05, 4.69) is 17.0 Å². The molecule has 3 atom stereocenters. The molecule has 3 N–H and O–H groups in total. The number of rotatable bonds is 2. The van der Waals surface area contributed by atoms with Crippen LogP contribution in [-0.2, 0) is 0 Å². The van der Waals surface area contributed by atoms with Crippen LogP contribution in [0, 0.1) is 11.8 Å². The zero-order chi connectivity index (χ0) is 12.3. The van der Waals surface area contributed by atoms with E-state index in [0.29, 0.717) is 5.84 Å². The van der Waals surface area contributed by atoms with E-state index in [1.165, 1.54) is 38.6 Å². The highest BCUT2D eigenvalue weighted by Crippen LogP contribution is 2.30. The molecule has 0 amide bonds. The summed E-state index contributed by atoms with van der Waals surface area (Å²) in [6.45, 7) is 4.52. The van der Waals surface area contributed by atoms with Gasteiger partial charge in [-0.05, 0) is 38.1 Å². The van der Waals surface area contributed by atoms with Gasteiger partial charge in [-0.2, -0.15) is 0 Å². The number of hydrogen-bond donors (Lipinski definition) is 2. The minimum Gasteiger partial charge on any atom is -0.409 e. The average Bonchev–Trinajstić information content (AvgIpc) is 2.38. The largest absolute Gasteiger partial charge is 0.409 e. The molecular weight excluding hydrogens is 214 g/mol. The summed E-state index contributed by atoms with van der Waals surface area (Å²) in [6.07, 6.45) is 7.63. The molecule has 4 nitrogen and oxygen atoms in total. The standard InChI is InChI=1S/C13H25N3O/c1-10-4-2-6-12(8-10)16-7-3-5-11(9-16)13(14)15-17/h10-12,17H,2-9H2,1H3,(H2,14,15). The average molecular weight is 239 g/mol. The van der Waals surface area contributed by atoms with Gasteiger partial charge in [0.2, 0.25) is 0 Å². The number of nitrogens with zero attached hydrogens (tertiary/aromatic N) is 2. The summed E-state index contributed by atoms with van der Waals surface area (Å²) in [6, 6.07) is 0.730.